The molecule has 0 saturated carbocycles. The first-order chi connectivity index (χ1) is 7.86. The minimum atomic E-state index is 0.268. The van der Waals surface area contributed by atoms with Crippen molar-refractivity contribution in [1.82, 2.24) is 9.80 Å². The molecule has 0 aliphatic carbocycles. The lowest BCUT2D eigenvalue weighted by molar-refractivity contribution is -0.0749. The molecule has 4 nitrogen and oxygen atoms in total. The molecule has 2 N–H and O–H groups in total. The summed E-state index contributed by atoms with van der Waals surface area (Å²) in [6.45, 7) is 7.61. The molecule has 92 valence electrons. The predicted octanol–water partition coefficient (Wildman–Crippen LogP) is -0.260. The van der Waals surface area contributed by atoms with Gasteiger partial charge in [-0.15, -0.1) is 0 Å². The zero-order valence-corrected chi connectivity index (χ0v) is 9.98. The molecule has 4 rings (SSSR count). The average Bonchev–Trinajstić information content (AvgIpc) is 2.40. The Morgan fingerprint density at radius 3 is 2.56 bits per heavy atom. The molecule has 4 aliphatic heterocycles. The van der Waals surface area contributed by atoms with Gasteiger partial charge in [0, 0.05) is 32.2 Å². The molecule has 4 heterocycles. The normalized spacial score (nSPS) is 44.8. The minimum Gasteiger partial charge on any atom is -0.374 e. The molecule has 0 aromatic heterocycles. The first-order valence-corrected chi connectivity index (χ1v) is 6.65. The zero-order chi connectivity index (χ0) is 11.0. The summed E-state index contributed by atoms with van der Waals surface area (Å²) < 4.78 is 5.65. The van der Waals surface area contributed by atoms with E-state index in [1.807, 2.05) is 0 Å². The van der Waals surface area contributed by atoms with Gasteiger partial charge in [-0.05, 0) is 31.8 Å². The third-order valence-corrected chi connectivity index (χ3v) is 4.52. The number of morpholine rings is 1. The number of piperidine rings is 3. The summed E-state index contributed by atoms with van der Waals surface area (Å²) in [5.41, 5.74) is 5.71. The van der Waals surface area contributed by atoms with Crippen LogP contribution in [0.1, 0.15) is 12.8 Å². The van der Waals surface area contributed by atoms with Crippen LogP contribution in [0.15, 0.2) is 0 Å². The number of fused-ring (bicyclic) bond motifs is 3. The number of rotatable bonds is 2. The Bertz CT molecular complexity index is 240. The van der Waals surface area contributed by atoms with Crippen molar-refractivity contribution in [2.75, 3.05) is 45.9 Å². The van der Waals surface area contributed by atoms with Crippen LogP contribution in [-0.2, 0) is 4.74 Å². The lowest BCUT2D eigenvalue weighted by Crippen LogP contribution is -2.61. The fourth-order valence-electron chi connectivity index (χ4n) is 3.53. The Labute approximate surface area is 97.7 Å². The number of hydrogen-bond acceptors (Lipinski definition) is 4. The maximum Gasteiger partial charge on any atom is 0.0824 e. The van der Waals surface area contributed by atoms with Gasteiger partial charge in [-0.3, -0.25) is 4.90 Å². The zero-order valence-electron chi connectivity index (χ0n) is 9.98. The van der Waals surface area contributed by atoms with E-state index in [0.29, 0.717) is 6.54 Å². The first-order valence-electron chi connectivity index (χ1n) is 6.65. The van der Waals surface area contributed by atoms with Gasteiger partial charge in [0.25, 0.3) is 0 Å². The van der Waals surface area contributed by atoms with E-state index < -0.39 is 0 Å². The van der Waals surface area contributed by atoms with Gasteiger partial charge in [0.05, 0.1) is 12.7 Å². The fraction of sp³-hybridized carbons (Fsp3) is 1.00. The van der Waals surface area contributed by atoms with Gasteiger partial charge in [-0.1, -0.05) is 0 Å². The number of hydrogen-bond donors (Lipinski definition) is 1. The van der Waals surface area contributed by atoms with E-state index in [9.17, 15) is 0 Å². The van der Waals surface area contributed by atoms with Crippen molar-refractivity contribution in [3.8, 4) is 0 Å². The maximum atomic E-state index is 5.71. The van der Waals surface area contributed by atoms with Crippen LogP contribution in [0.4, 0.5) is 0 Å². The monoisotopic (exact) mass is 225 g/mol. The Balaban J connectivity index is 1.63. The summed E-state index contributed by atoms with van der Waals surface area (Å²) in [5, 5.41) is 0. The van der Waals surface area contributed by atoms with E-state index >= 15 is 0 Å². The number of nitrogens with two attached hydrogens (primary N) is 1. The summed E-state index contributed by atoms with van der Waals surface area (Å²) in [6, 6.07) is 0.778. The molecule has 4 fully saturated rings. The van der Waals surface area contributed by atoms with Gasteiger partial charge in [0.15, 0.2) is 0 Å². The van der Waals surface area contributed by atoms with Crippen molar-refractivity contribution in [2.24, 2.45) is 11.7 Å². The highest BCUT2D eigenvalue weighted by Gasteiger charge is 2.38. The van der Waals surface area contributed by atoms with E-state index in [2.05, 4.69) is 9.80 Å². The van der Waals surface area contributed by atoms with Crippen molar-refractivity contribution >= 4 is 0 Å². The fourth-order valence-corrected chi connectivity index (χ4v) is 3.53. The molecule has 0 aromatic rings. The van der Waals surface area contributed by atoms with E-state index in [1.165, 1.54) is 32.5 Å². The number of ether oxygens (including phenoxy) is 1. The largest absolute Gasteiger partial charge is 0.374 e. The van der Waals surface area contributed by atoms with Crippen molar-refractivity contribution in [2.45, 2.75) is 25.0 Å². The maximum absolute atomic E-state index is 5.71. The van der Waals surface area contributed by atoms with Crippen LogP contribution in [0.2, 0.25) is 0 Å². The van der Waals surface area contributed by atoms with Gasteiger partial charge in [0.1, 0.15) is 0 Å². The van der Waals surface area contributed by atoms with Gasteiger partial charge >= 0.3 is 0 Å². The topological polar surface area (TPSA) is 41.7 Å². The lowest BCUT2D eigenvalue weighted by atomic mass is 9.83. The third kappa shape index (κ3) is 1.99. The van der Waals surface area contributed by atoms with Crippen LogP contribution in [0.25, 0.3) is 0 Å². The van der Waals surface area contributed by atoms with Crippen LogP contribution in [-0.4, -0.2) is 67.8 Å². The van der Waals surface area contributed by atoms with E-state index in [1.54, 1.807) is 0 Å². The molecular weight excluding hydrogens is 202 g/mol. The molecule has 0 radical (unpaired) electrons. The molecular formula is C12H23N3O. The molecule has 2 unspecified atom stereocenters. The van der Waals surface area contributed by atoms with Crippen molar-refractivity contribution in [3.05, 3.63) is 0 Å². The predicted molar refractivity (Wildman–Crippen MR) is 63.3 cm³/mol. The molecule has 4 saturated heterocycles. The first kappa shape index (κ1) is 11.0. The second-order valence-corrected chi connectivity index (χ2v) is 5.43. The highest BCUT2D eigenvalue weighted by atomic mass is 16.5. The Kier molecular flexibility index (Phi) is 3.16. The van der Waals surface area contributed by atoms with Gasteiger partial charge < -0.3 is 15.4 Å². The van der Waals surface area contributed by atoms with E-state index in [-0.39, 0.29) is 6.10 Å². The molecule has 0 spiro atoms. The quantitative estimate of drug-likeness (QED) is 0.703. The molecule has 4 heteroatoms. The van der Waals surface area contributed by atoms with E-state index in [0.717, 1.165) is 31.7 Å². The average molecular weight is 225 g/mol. The molecule has 2 bridgehead atoms. The summed E-state index contributed by atoms with van der Waals surface area (Å²) in [5.74, 6) is 0.932. The lowest BCUT2D eigenvalue weighted by Gasteiger charge is -2.50. The highest BCUT2D eigenvalue weighted by molar-refractivity contribution is 4.93. The molecule has 4 aliphatic rings. The smallest absolute Gasteiger partial charge is 0.0824 e. The molecule has 2 atom stereocenters. The van der Waals surface area contributed by atoms with Gasteiger partial charge in [-0.2, -0.15) is 0 Å². The van der Waals surface area contributed by atoms with Crippen LogP contribution in [0, 0.1) is 5.92 Å². The van der Waals surface area contributed by atoms with Gasteiger partial charge in [0.2, 0.25) is 0 Å². The van der Waals surface area contributed by atoms with Crippen molar-refractivity contribution in [1.29, 1.82) is 0 Å². The van der Waals surface area contributed by atoms with E-state index in [4.69, 9.17) is 10.5 Å². The van der Waals surface area contributed by atoms with Crippen LogP contribution < -0.4 is 5.73 Å². The van der Waals surface area contributed by atoms with Gasteiger partial charge in [-0.25, -0.2) is 0 Å². The second kappa shape index (κ2) is 4.61. The molecule has 0 amide bonds. The number of nitrogens with zero attached hydrogens (tertiary/aromatic N) is 2. The SMILES string of the molecule is NCC1CN(C2CN3CCC2CC3)CCO1. The summed E-state index contributed by atoms with van der Waals surface area (Å²) in [4.78, 5) is 5.26. The Morgan fingerprint density at radius 2 is 1.94 bits per heavy atom. The van der Waals surface area contributed by atoms with Crippen molar-refractivity contribution in [3.63, 3.8) is 0 Å². The van der Waals surface area contributed by atoms with Crippen LogP contribution >= 0.6 is 0 Å². The molecule has 16 heavy (non-hydrogen) atoms. The van der Waals surface area contributed by atoms with Crippen molar-refractivity contribution < 1.29 is 4.74 Å². The van der Waals surface area contributed by atoms with Crippen LogP contribution in [0.5, 0.6) is 0 Å². The summed E-state index contributed by atoms with van der Waals surface area (Å²) >= 11 is 0. The molecule has 0 aromatic carbocycles. The highest BCUT2D eigenvalue weighted by Crippen LogP contribution is 2.31. The Hall–Kier alpha value is -0.160. The minimum absolute atomic E-state index is 0.268. The summed E-state index contributed by atoms with van der Waals surface area (Å²) in [7, 11) is 0. The standard InChI is InChI=1S/C12H23N3O/c13-7-11-8-15(5-6-16-11)12-9-14-3-1-10(12)2-4-14/h10-12H,1-9,13H2. The third-order valence-electron chi connectivity index (χ3n) is 4.52. The van der Waals surface area contributed by atoms with Crippen LogP contribution in [0.3, 0.4) is 0 Å². The Morgan fingerprint density at radius 1 is 1.12 bits per heavy atom. The second-order valence-electron chi connectivity index (χ2n) is 5.43. The summed E-state index contributed by atoms with van der Waals surface area (Å²) in [6.07, 6.45) is 3.06.